The lowest BCUT2D eigenvalue weighted by atomic mass is 9.88. The molecule has 2 aromatic heterocycles. The zero-order valence-corrected chi connectivity index (χ0v) is 22.2. The van der Waals surface area contributed by atoms with E-state index in [1.807, 2.05) is 85.5 Å². The number of hydrogen-bond acceptors (Lipinski definition) is 5. The van der Waals surface area contributed by atoms with Gasteiger partial charge in [0.15, 0.2) is 0 Å². The van der Waals surface area contributed by atoms with Gasteiger partial charge in [-0.05, 0) is 55.4 Å². The van der Waals surface area contributed by atoms with Crippen LogP contribution in [0.2, 0.25) is 0 Å². The number of hydrogen-bond donors (Lipinski definition) is 2. The summed E-state index contributed by atoms with van der Waals surface area (Å²) in [5.41, 5.74) is 4.02. The van der Waals surface area contributed by atoms with Gasteiger partial charge < -0.3 is 15.2 Å². The van der Waals surface area contributed by atoms with E-state index in [-0.39, 0.29) is 18.2 Å². The highest BCUT2D eigenvalue weighted by Gasteiger charge is 2.47. The van der Waals surface area contributed by atoms with Crippen LogP contribution in [0.15, 0.2) is 73.1 Å². The van der Waals surface area contributed by atoms with Crippen LogP contribution in [0.25, 0.3) is 16.9 Å². The van der Waals surface area contributed by atoms with Crippen LogP contribution in [0.5, 0.6) is 0 Å². The topological polar surface area (TPSA) is 94.2 Å². The number of aryl methyl sites for hydroxylation is 1. The summed E-state index contributed by atoms with van der Waals surface area (Å²) < 4.78 is 8.88. The molecule has 1 saturated carbocycles. The number of aliphatic hydroxyl groups is 1. The largest absolute Gasteiger partial charge is 0.385 e. The van der Waals surface area contributed by atoms with Crippen molar-refractivity contribution >= 4 is 5.91 Å². The van der Waals surface area contributed by atoms with E-state index in [0.717, 1.165) is 40.2 Å². The summed E-state index contributed by atoms with van der Waals surface area (Å²) in [4.78, 5) is 13.6. The first-order valence-corrected chi connectivity index (χ1v) is 13.1. The van der Waals surface area contributed by atoms with Crippen LogP contribution in [-0.2, 0) is 28.6 Å². The second kappa shape index (κ2) is 10.9. The monoisotopic (exact) mass is 513 g/mol. The molecule has 1 amide bonds. The maximum absolute atomic E-state index is 13.6. The Kier molecular flexibility index (Phi) is 7.44. The van der Waals surface area contributed by atoms with Gasteiger partial charge in [0.1, 0.15) is 5.60 Å². The molecule has 0 bridgehead atoms. The fraction of sp³-hybridized carbons (Fsp3) is 0.367. The number of ether oxygens (including phenoxy) is 1. The Bertz CT molecular complexity index is 1380. The number of para-hydroxylation sites is 1. The first-order valence-electron chi connectivity index (χ1n) is 13.1. The lowest BCUT2D eigenvalue weighted by Gasteiger charge is -2.31. The highest BCUT2D eigenvalue weighted by atomic mass is 16.5. The first kappa shape index (κ1) is 25.9. The van der Waals surface area contributed by atoms with E-state index >= 15 is 0 Å². The fourth-order valence-corrected chi connectivity index (χ4v) is 5.66. The van der Waals surface area contributed by atoms with Gasteiger partial charge in [0.2, 0.25) is 5.91 Å². The van der Waals surface area contributed by atoms with E-state index in [9.17, 15) is 9.90 Å². The van der Waals surface area contributed by atoms with Crippen LogP contribution in [0.4, 0.5) is 0 Å². The van der Waals surface area contributed by atoms with Crippen LogP contribution in [0.3, 0.4) is 0 Å². The number of carbonyl (C=O) groups is 1. The normalized spacial score (nSPS) is 21.1. The van der Waals surface area contributed by atoms with Crippen molar-refractivity contribution in [3.63, 3.8) is 0 Å². The molecular weight excluding hydrogens is 478 g/mol. The summed E-state index contributed by atoms with van der Waals surface area (Å²) in [6.45, 7) is 2.62. The third-order valence-corrected chi connectivity index (χ3v) is 7.64. The van der Waals surface area contributed by atoms with Crippen LogP contribution < -0.4 is 5.32 Å². The van der Waals surface area contributed by atoms with E-state index in [0.29, 0.717) is 19.4 Å². The molecule has 1 aliphatic rings. The predicted molar refractivity (Wildman–Crippen MR) is 146 cm³/mol. The van der Waals surface area contributed by atoms with E-state index in [1.54, 1.807) is 18.0 Å². The molecule has 198 valence electrons. The quantitative estimate of drug-likeness (QED) is 0.354. The molecule has 2 N–H and O–H groups in total. The van der Waals surface area contributed by atoms with Gasteiger partial charge in [0.25, 0.3) is 0 Å². The van der Waals surface area contributed by atoms with Gasteiger partial charge in [-0.25, -0.2) is 4.68 Å². The standard InChI is InChI=1S/C30H35N5O3/c1-21-26(35(25-12-8-5-9-13-25)33-29(21)23-19-31-34(2)20-23)17-28(36)32-27-16-22(14-15-38-3)18-30(27,37)24-10-6-4-7-11-24/h4-13,19-20,22,27,37H,14-18H2,1-3H3,(H,32,36)/t22-,27-,30-/m1/s1. The van der Waals surface area contributed by atoms with Crippen molar-refractivity contribution in [2.45, 2.75) is 44.2 Å². The minimum absolute atomic E-state index is 0.137. The number of carbonyl (C=O) groups excluding carboxylic acids is 1. The molecule has 8 heteroatoms. The molecular formula is C30H35N5O3. The number of amides is 1. The van der Waals surface area contributed by atoms with Gasteiger partial charge in [-0.1, -0.05) is 48.5 Å². The zero-order chi connectivity index (χ0) is 26.7. The van der Waals surface area contributed by atoms with E-state index < -0.39 is 11.6 Å². The molecule has 1 fully saturated rings. The molecule has 2 aromatic carbocycles. The van der Waals surface area contributed by atoms with Crippen LogP contribution in [-0.4, -0.2) is 50.3 Å². The van der Waals surface area contributed by atoms with E-state index in [4.69, 9.17) is 9.84 Å². The number of benzene rings is 2. The van der Waals surface area contributed by atoms with Crippen molar-refractivity contribution in [1.29, 1.82) is 0 Å². The second-order valence-electron chi connectivity index (χ2n) is 10.2. The summed E-state index contributed by atoms with van der Waals surface area (Å²) in [7, 11) is 3.56. The van der Waals surface area contributed by atoms with Crippen LogP contribution in [0, 0.1) is 12.8 Å². The van der Waals surface area contributed by atoms with Crippen molar-refractivity contribution in [2.75, 3.05) is 13.7 Å². The number of methoxy groups -OCH3 is 1. The Balaban J connectivity index is 1.44. The molecule has 0 radical (unpaired) electrons. The van der Waals surface area contributed by atoms with Crippen LogP contribution >= 0.6 is 0 Å². The van der Waals surface area contributed by atoms with Crippen molar-refractivity contribution < 1.29 is 14.6 Å². The lowest BCUT2D eigenvalue weighted by Crippen LogP contribution is -2.47. The summed E-state index contributed by atoms with van der Waals surface area (Å²) in [6.07, 6.45) is 5.96. The lowest BCUT2D eigenvalue weighted by molar-refractivity contribution is -0.123. The number of rotatable bonds is 9. The van der Waals surface area contributed by atoms with E-state index in [2.05, 4.69) is 10.4 Å². The number of nitrogens with one attached hydrogen (secondary N) is 1. The van der Waals surface area contributed by atoms with E-state index in [1.165, 1.54) is 0 Å². The number of aromatic nitrogens is 4. The minimum Gasteiger partial charge on any atom is -0.385 e. The SMILES string of the molecule is COCC[C@@H]1C[C@@H](NC(=O)Cc2c(C)c(-c3cnn(C)c3)nn2-c2ccccc2)[C@](O)(c2ccccc2)C1. The molecule has 5 rings (SSSR count). The van der Waals surface area contributed by atoms with Gasteiger partial charge in [-0.3, -0.25) is 9.48 Å². The van der Waals surface area contributed by atoms with Gasteiger partial charge in [0.05, 0.1) is 35.7 Å². The summed E-state index contributed by atoms with van der Waals surface area (Å²) in [5, 5.41) is 24.3. The Morgan fingerprint density at radius 1 is 1.16 bits per heavy atom. The second-order valence-corrected chi connectivity index (χ2v) is 10.2. The molecule has 38 heavy (non-hydrogen) atoms. The van der Waals surface area contributed by atoms with Gasteiger partial charge in [-0.2, -0.15) is 10.2 Å². The summed E-state index contributed by atoms with van der Waals surface area (Å²) >= 11 is 0. The molecule has 8 nitrogen and oxygen atoms in total. The van der Waals surface area contributed by atoms with Gasteiger partial charge in [-0.15, -0.1) is 0 Å². The third kappa shape index (κ3) is 5.14. The fourth-order valence-electron chi connectivity index (χ4n) is 5.66. The smallest absolute Gasteiger partial charge is 0.226 e. The number of nitrogens with zero attached hydrogens (tertiary/aromatic N) is 4. The molecule has 0 aliphatic heterocycles. The Labute approximate surface area is 223 Å². The third-order valence-electron chi connectivity index (χ3n) is 7.64. The van der Waals surface area contributed by atoms with Gasteiger partial charge >= 0.3 is 0 Å². The molecule has 0 saturated heterocycles. The Morgan fingerprint density at radius 3 is 2.53 bits per heavy atom. The predicted octanol–water partition coefficient (Wildman–Crippen LogP) is 3.94. The van der Waals surface area contributed by atoms with Crippen molar-refractivity contribution in [1.82, 2.24) is 24.9 Å². The molecule has 3 atom stereocenters. The Hall–Kier alpha value is -3.75. The first-order chi connectivity index (χ1) is 18.4. The Morgan fingerprint density at radius 2 is 1.87 bits per heavy atom. The highest BCUT2D eigenvalue weighted by molar-refractivity contribution is 5.80. The van der Waals surface area contributed by atoms with Crippen molar-refractivity contribution in [3.8, 4) is 16.9 Å². The highest BCUT2D eigenvalue weighted by Crippen LogP contribution is 2.43. The summed E-state index contributed by atoms with van der Waals surface area (Å²) in [5.74, 6) is 0.105. The van der Waals surface area contributed by atoms with Crippen LogP contribution in [0.1, 0.15) is 36.1 Å². The van der Waals surface area contributed by atoms with Gasteiger partial charge in [0, 0.05) is 32.5 Å². The zero-order valence-electron chi connectivity index (χ0n) is 22.2. The molecule has 2 heterocycles. The minimum atomic E-state index is -1.13. The summed E-state index contributed by atoms with van der Waals surface area (Å²) in [6, 6.07) is 19.1. The maximum Gasteiger partial charge on any atom is 0.226 e. The molecule has 1 aliphatic carbocycles. The molecule has 0 unspecified atom stereocenters. The maximum atomic E-state index is 13.6. The van der Waals surface area contributed by atoms with Crippen molar-refractivity contribution in [2.24, 2.45) is 13.0 Å². The molecule has 4 aromatic rings. The average molecular weight is 514 g/mol. The molecule has 0 spiro atoms. The van der Waals surface area contributed by atoms with Crippen molar-refractivity contribution in [3.05, 3.63) is 89.9 Å². The average Bonchev–Trinajstić information content (AvgIpc) is 3.60.